The van der Waals surface area contributed by atoms with Gasteiger partial charge in [0.15, 0.2) is 23.0 Å². The molecule has 1 fully saturated rings. The second-order valence-corrected chi connectivity index (χ2v) is 10.2. The van der Waals surface area contributed by atoms with Gasteiger partial charge < -0.3 is 33.5 Å². The lowest BCUT2D eigenvalue weighted by Gasteiger charge is -2.26. The van der Waals surface area contributed by atoms with Crippen LogP contribution in [0.4, 0.5) is 0 Å². The molecule has 1 saturated heterocycles. The van der Waals surface area contributed by atoms with Crippen LogP contribution < -0.4 is 18.9 Å². The molecule has 10 heteroatoms. The molecule has 43 heavy (non-hydrogen) atoms. The minimum absolute atomic E-state index is 0.00989. The zero-order chi connectivity index (χ0) is 29.8. The number of Topliss-reactive ketones (excluding diaryl/α,β-unsaturated/α-hetero) is 1. The Hall–Kier alpha value is -5.25. The molecule has 3 aromatic carbocycles. The Kier molecular flexibility index (Phi) is 7.99. The summed E-state index contributed by atoms with van der Waals surface area (Å²) in [7, 11) is 1.53. The van der Waals surface area contributed by atoms with Crippen LogP contribution in [-0.2, 0) is 22.7 Å². The molecule has 0 unspecified atom stereocenters. The van der Waals surface area contributed by atoms with E-state index in [2.05, 4.69) is 4.98 Å². The van der Waals surface area contributed by atoms with Gasteiger partial charge >= 0.3 is 0 Å². The fraction of sp³-hybridized carbons (Fsp3) is 0.242. The van der Waals surface area contributed by atoms with Crippen LogP contribution in [0, 0.1) is 0 Å². The number of aliphatic hydroxyl groups is 1. The van der Waals surface area contributed by atoms with Crippen molar-refractivity contribution in [3.8, 4) is 23.0 Å². The third-order valence-corrected chi connectivity index (χ3v) is 7.47. The maximum absolute atomic E-state index is 13.5. The number of imidazole rings is 1. The predicted molar refractivity (Wildman–Crippen MR) is 157 cm³/mol. The van der Waals surface area contributed by atoms with Gasteiger partial charge in [0, 0.05) is 31.0 Å². The molecular formula is C33H31N3O7. The molecule has 3 heterocycles. The van der Waals surface area contributed by atoms with Crippen molar-refractivity contribution in [1.82, 2.24) is 14.5 Å². The Labute approximate surface area is 248 Å². The second kappa shape index (κ2) is 12.3. The van der Waals surface area contributed by atoms with Gasteiger partial charge in [-0.3, -0.25) is 9.59 Å². The van der Waals surface area contributed by atoms with Gasteiger partial charge in [0.1, 0.15) is 25.6 Å². The molecule has 1 N–H and O–H groups in total. The third kappa shape index (κ3) is 5.76. The van der Waals surface area contributed by atoms with Crippen LogP contribution in [-0.4, -0.2) is 58.1 Å². The van der Waals surface area contributed by atoms with Gasteiger partial charge in [0.05, 0.1) is 25.1 Å². The van der Waals surface area contributed by atoms with E-state index in [1.807, 2.05) is 41.1 Å². The lowest BCUT2D eigenvalue weighted by Crippen LogP contribution is -2.31. The van der Waals surface area contributed by atoms with E-state index in [0.29, 0.717) is 66.9 Å². The van der Waals surface area contributed by atoms with E-state index in [1.54, 1.807) is 48.9 Å². The Morgan fingerprint density at radius 1 is 0.977 bits per heavy atom. The Balaban J connectivity index is 1.36. The highest BCUT2D eigenvalue weighted by Gasteiger charge is 2.46. The number of hydrogen-bond donors (Lipinski definition) is 1. The number of aromatic nitrogens is 2. The van der Waals surface area contributed by atoms with Crippen LogP contribution in [0.5, 0.6) is 23.0 Å². The van der Waals surface area contributed by atoms with Crippen LogP contribution in [0.2, 0.25) is 0 Å². The average molecular weight is 582 g/mol. The standard InChI is InChI=1S/C33H31N3O7/c1-40-27-18-23(8-10-25(27)43-20-22-6-3-2-4-7-22)30-29(31(37)24-9-11-26-28(19-24)42-17-16-41-26)32(38)33(39)36(30)14-5-13-35-15-12-34-21-35/h2-4,6-12,15,18-19,21,30,37H,5,13-14,16-17,20H2,1H3/t30-/m0/s1. The smallest absolute Gasteiger partial charge is 0.295 e. The topological polar surface area (TPSA) is 112 Å². The highest BCUT2D eigenvalue weighted by Crippen LogP contribution is 2.43. The fourth-order valence-corrected chi connectivity index (χ4v) is 5.35. The van der Waals surface area contributed by atoms with Crippen LogP contribution in [0.15, 0.2) is 91.0 Å². The zero-order valence-corrected chi connectivity index (χ0v) is 23.6. The molecule has 1 aromatic heterocycles. The van der Waals surface area contributed by atoms with Crippen LogP contribution in [0.1, 0.15) is 29.2 Å². The molecule has 2 aliphatic rings. The summed E-state index contributed by atoms with van der Waals surface area (Å²) in [6.45, 7) is 2.02. The quantitative estimate of drug-likeness (QED) is 0.162. The van der Waals surface area contributed by atoms with Crippen molar-refractivity contribution in [2.24, 2.45) is 0 Å². The van der Waals surface area contributed by atoms with Gasteiger partial charge in [0.2, 0.25) is 0 Å². The number of amides is 1. The van der Waals surface area contributed by atoms with Gasteiger partial charge in [-0.05, 0) is 47.9 Å². The van der Waals surface area contributed by atoms with Gasteiger partial charge in [-0.25, -0.2) is 4.98 Å². The summed E-state index contributed by atoms with van der Waals surface area (Å²) in [5, 5.41) is 11.5. The Morgan fingerprint density at radius 3 is 2.56 bits per heavy atom. The first-order valence-electron chi connectivity index (χ1n) is 14.0. The predicted octanol–water partition coefficient (Wildman–Crippen LogP) is 4.75. The number of nitrogens with zero attached hydrogens (tertiary/aromatic N) is 3. The van der Waals surface area contributed by atoms with E-state index in [4.69, 9.17) is 18.9 Å². The second-order valence-electron chi connectivity index (χ2n) is 10.2. The van der Waals surface area contributed by atoms with Crippen molar-refractivity contribution in [2.45, 2.75) is 25.6 Å². The van der Waals surface area contributed by atoms with Crippen LogP contribution in [0.25, 0.3) is 5.76 Å². The van der Waals surface area contributed by atoms with Gasteiger partial charge in [0.25, 0.3) is 11.7 Å². The molecule has 220 valence electrons. The molecule has 0 radical (unpaired) electrons. The van der Waals surface area contributed by atoms with Crippen molar-refractivity contribution in [3.05, 3.63) is 108 Å². The number of likely N-dealkylation sites (tertiary alicyclic amines) is 1. The van der Waals surface area contributed by atoms with Crippen LogP contribution in [0.3, 0.4) is 0 Å². The Bertz CT molecular complexity index is 1650. The van der Waals surface area contributed by atoms with Crippen molar-refractivity contribution in [2.75, 3.05) is 26.9 Å². The van der Waals surface area contributed by atoms with E-state index < -0.39 is 17.7 Å². The van der Waals surface area contributed by atoms with Gasteiger partial charge in [-0.2, -0.15) is 0 Å². The van der Waals surface area contributed by atoms with Crippen LogP contribution >= 0.6 is 0 Å². The van der Waals surface area contributed by atoms with Crippen molar-refractivity contribution >= 4 is 17.4 Å². The summed E-state index contributed by atoms with van der Waals surface area (Å²) in [6.07, 6.45) is 5.80. The average Bonchev–Trinajstić information content (AvgIpc) is 3.66. The van der Waals surface area contributed by atoms with E-state index >= 15 is 0 Å². The van der Waals surface area contributed by atoms with Gasteiger partial charge in [-0.15, -0.1) is 0 Å². The lowest BCUT2D eigenvalue weighted by molar-refractivity contribution is -0.139. The monoisotopic (exact) mass is 581 g/mol. The first-order valence-corrected chi connectivity index (χ1v) is 14.0. The number of ketones is 1. The molecule has 0 aliphatic carbocycles. The molecular weight excluding hydrogens is 550 g/mol. The van der Waals surface area contributed by atoms with Crippen molar-refractivity contribution < 1.29 is 33.6 Å². The summed E-state index contributed by atoms with van der Waals surface area (Å²) >= 11 is 0. The van der Waals surface area contributed by atoms with Crippen molar-refractivity contribution in [3.63, 3.8) is 0 Å². The zero-order valence-electron chi connectivity index (χ0n) is 23.6. The molecule has 2 aliphatic heterocycles. The van der Waals surface area contributed by atoms with Crippen molar-refractivity contribution in [1.29, 1.82) is 0 Å². The maximum Gasteiger partial charge on any atom is 0.295 e. The molecule has 6 rings (SSSR count). The molecule has 4 aromatic rings. The largest absolute Gasteiger partial charge is 0.507 e. The number of aryl methyl sites for hydroxylation is 1. The highest BCUT2D eigenvalue weighted by atomic mass is 16.6. The summed E-state index contributed by atoms with van der Waals surface area (Å²) in [6, 6.07) is 19.1. The Morgan fingerprint density at radius 2 is 1.79 bits per heavy atom. The van der Waals surface area contributed by atoms with E-state index in [1.165, 1.54) is 12.0 Å². The summed E-state index contributed by atoms with van der Waals surface area (Å²) < 4.78 is 24.9. The number of carbonyl (C=O) groups excluding carboxylic acids is 2. The lowest BCUT2D eigenvalue weighted by atomic mass is 9.94. The molecule has 1 amide bonds. The summed E-state index contributed by atoms with van der Waals surface area (Å²) in [5.41, 5.74) is 1.94. The minimum atomic E-state index is -0.854. The molecule has 0 bridgehead atoms. The van der Waals surface area contributed by atoms with E-state index in [9.17, 15) is 14.7 Å². The van der Waals surface area contributed by atoms with E-state index in [0.717, 1.165) is 5.56 Å². The number of benzene rings is 3. The number of fused-ring (bicyclic) bond motifs is 1. The number of ether oxygens (including phenoxy) is 4. The SMILES string of the molecule is COc1cc([C@H]2C(=C(O)c3ccc4c(c3)OCCO4)C(=O)C(=O)N2CCCn2ccnc2)ccc1OCc1ccccc1. The molecule has 1 atom stereocenters. The number of rotatable bonds is 10. The van der Waals surface area contributed by atoms with Gasteiger partial charge in [-0.1, -0.05) is 36.4 Å². The minimum Gasteiger partial charge on any atom is -0.507 e. The normalized spacial score (nSPS) is 17.2. The maximum atomic E-state index is 13.5. The number of hydrogen-bond acceptors (Lipinski definition) is 8. The summed E-state index contributed by atoms with van der Waals surface area (Å²) in [4.78, 5) is 32.6. The number of carbonyl (C=O) groups is 2. The molecule has 0 spiro atoms. The molecule has 0 saturated carbocycles. The molecule has 10 nitrogen and oxygen atoms in total. The third-order valence-electron chi connectivity index (χ3n) is 7.47. The number of aliphatic hydroxyl groups excluding tert-OH is 1. The summed E-state index contributed by atoms with van der Waals surface area (Å²) in [5.74, 6) is 0.233. The number of methoxy groups -OCH3 is 1. The fourth-order valence-electron chi connectivity index (χ4n) is 5.35. The van der Waals surface area contributed by atoms with E-state index in [-0.39, 0.29) is 17.9 Å². The highest BCUT2D eigenvalue weighted by molar-refractivity contribution is 6.46. The first-order chi connectivity index (χ1) is 21.0. The first kappa shape index (κ1) is 27.9.